The summed E-state index contributed by atoms with van der Waals surface area (Å²) < 4.78 is 2.49. The van der Waals surface area contributed by atoms with Crippen LogP contribution in [0.1, 0.15) is 0 Å². The number of hydrogen-bond donors (Lipinski definition) is 1. The van der Waals surface area contributed by atoms with Crippen molar-refractivity contribution in [1.82, 2.24) is 24.1 Å². The summed E-state index contributed by atoms with van der Waals surface area (Å²) in [5.41, 5.74) is 1.46. The first-order chi connectivity index (χ1) is 12.7. The van der Waals surface area contributed by atoms with Crippen molar-refractivity contribution in [2.45, 2.75) is 6.54 Å². The van der Waals surface area contributed by atoms with Crippen LogP contribution in [0.3, 0.4) is 0 Å². The summed E-state index contributed by atoms with van der Waals surface area (Å²) in [6.45, 7) is -0.194. The van der Waals surface area contributed by atoms with E-state index in [0.29, 0.717) is 17.2 Å². The van der Waals surface area contributed by atoms with Gasteiger partial charge < -0.3 is 5.32 Å². The molecule has 4 aromatic rings. The largest absolute Gasteiger partial charge is 0.350 e. The number of carbonyl (C=O) groups excluding carboxylic acids is 1. The van der Waals surface area contributed by atoms with Gasteiger partial charge >= 0.3 is 5.69 Å². The smallest absolute Gasteiger partial charge is 0.322 e. The average molecular weight is 346 g/mol. The summed E-state index contributed by atoms with van der Waals surface area (Å²) >= 11 is 0. The Morgan fingerprint density at radius 1 is 1.00 bits per heavy atom. The Balaban J connectivity index is 1.48. The van der Waals surface area contributed by atoms with E-state index < -0.39 is 0 Å². The van der Waals surface area contributed by atoms with Crippen molar-refractivity contribution in [2.75, 3.05) is 5.32 Å². The quantitative estimate of drug-likeness (QED) is 0.606. The molecule has 0 aliphatic carbocycles. The lowest BCUT2D eigenvalue weighted by Gasteiger charge is -2.05. The molecular formula is C18H14N6O2. The van der Waals surface area contributed by atoms with E-state index in [1.54, 1.807) is 24.4 Å². The first-order valence-corrected chi connectivity index (χ1v) is 7.92. The molecule has 8 nitrogen and oxygen atoms in total. The third-order valence-corrected chi connectivity index (χ3v) is 3.75. The maximum absolute atomic E-state index is 12.2. The minimum absolute atomic E-state index is 0.194. The molecule has 8 heteroatoms. The lowest BCUT2D eigenvalue weighted by molar-refractivity contribution is -0.117. The second kappa shape index (κ2) is 6.60. The van der Waals surface area contributed by atoms with E-state index in [0.717, 1.165) is 10.2 Å². The number of hydrogen-bond acceptors (Lipinski definition) is 5. The van der Waals surface area contributed by atoms with Crippen molar-refractivity contribution in [1.29, 1.82) is 0 Å². The Morgan fingerprint density at radius 3 is 2.46 bits per heavy atom. The lowest BCUT2D eigenvalue weighted by Crippen LogP contribution is -2.28. The molecule has 128 valence electrons. The number of amides is 1. The maximum atomic E-state index is 12.2. The fourth-order valence-electron chi connectivity index (χ4n) is 2.54. The molecule has 4 rings (SSSR count). The molecule has 0 unspecified atom stereocenters. The number of pyridine rings is 1. The first-order valence-electron chi connectivity index (χ1n) is 7.92. The number of carbonyl (C=O) groups is 1. The predicted molar refractivity (Wildman–Crippen MR) is 95.5 cm³/mol. The highest BCUT2D eigenvalue weighted by atomic mass is 16.2. The highest BCUT2D eigenvalue weighted by Crippen LogP contribution is 2.14. The normalized spacial score (nSPS) is 10.8. The van der Waals surface area contributed by atoms with E-state index in [2.05, 4.69) is 20.4 Å². The van der Waals surface area contributed by atoms with E-state index in [-0.39, 0.29) is 18.1 Å². The van der Waals surface area contributed by atoms with Gasteiger partial charge in [0.1, 0.15) is 6.54 Å². The average Bonchev–Trinajstić information content (AvgIpc) is 2.99. The van der Waals surface area contributed by atoms with E-state index in [1.165, 1.54) is 16.8 Å². The molecule has 0 saturated carbocycles. The fourth-order valence-corrected chi connectivity index (χ4v) is 2.54. The molecule has 0 radical (unpaired) electrons. The molecule has 0 fully saturated rings. The van der Waals surface area contributed by atoms with Gasteiger partial charge in [0.25, 0.3) is 0 Å². The summed E-state index contributed by atoms with van der Waals surface area (Å²) in [4.78, 5) is 32.9. The minimum Gasteiger partial charge on any atom is -0.322 e. The molecule has 0 aliphatic rings. The summed E-state index contributed by atoms with van der Waals surface area (Å²) in [7, 11) is 0. The van der Waals surface area contributed by atoms with Crippen LogP contribution >= 0.6 is 0 Å². The summed E-state index contributed by atoms with van der Waals surface area (Å²) in [6, 6.07) is 14.7. The standard InChI is InChI=1S/C18H14N6O2/c25-16(12-24-18(26)23-9-5-4-8-15(23)22-24)21-14-10-19-17(20-11-14)13-6-2-1-3-7-13/h1-11H,12H2,(H,21,25). The predicted octanol–water partition coefficient (Wildman–Crippen LogP) is 1.59. The van der Waals surface area contributed by atoms with Gasteiger partial charge in [-0.15, -0.1) is 5.10 Å². The molecule has 0 bridgehead atoms. The summed E-state index contributed by atoms with van der Waals surface area (Å²) in [6.07, 6.45) is 4.66. The Labute approximate surface area is 147 Å². The number of nitrogens with zero attached hydrogens (tertiary/aromatic N) is 5. The Kier molecular flexibility index (Phi) is 3.98. The third kappa shape index (κ3) is 3.07. The van der Waals surface area contributed by atoms with Gasteiger partial charge in [0, 0.05) is 11.8 Å². The fraction of sp³-hybridized carbons (Fsp3) is 0.0556. The van der Waals surface area contributed by atoms with Gasteiger partial charge in [-0.25, -0.2) is 19.4 Å². The molecule has 0 spiro atoms. The Morgan fingerprint density at radius 2 is 1.73 bits per heavy atom. The Hall–Kier alpha value is -3.81. The lowest BCUT2D eigenvalue weighted by atomic mass is 10.2. The zero-order chi connectivity index (χ0) is 17.9. The van der Waals surface area contributed by atoms with Gasteiger partial charge in [-0.2, -0.15) is 0 Å². The van der Waals surface area contributed by atoms with Gasteiger partial charge in [-0.05, 0) is 12.1 Å². The van der Waals surface area contributed by atoms with E-state index in [1.807, 2.05) is 30.3 Å². The second-order valence-electron chi connectivity index (χ2n) is 5.58. The minimum atomic E-state index is -0.383. The number of aromatic nitrogens is 5. The van der Waals surface area contributed by atoms with Crippen LogP contribution in [0.5, 0.6) is 0 Å². The van der Waals surface area contributed by atoms with Gasteiger partial charge in [0.15, 0.2) is 11.5 Å². The molecule has 26 heavy (non-hydrogen) atoms. The highest BCUT2D eigenvalue weighted by Gasteiger charge is 2.11. The van der Waals surface area contributed by atoms with E-state index in [9.17, 15) is 9.59 Å². The molecule has 3 heterocycles. The van der Waals surface area contributed by atoms with Gasteiger partial charge in [-0.3, -0.25) is 9.20 Å². The number of fused-ring (bicyclic) bond motifs is 1. The van der Waals surface area contributed by atoms with Crippen molar-refractivity contribution in [3.8, 4) is 11.4 Å². The van der Waals surface area contributed by atoms with Crippen LogP contribution in [-0.4, -0.2) is 30.1 Å². The molecule has 1 aromatic carbocycles. The van der Waals surface area contributed by atoms with Crippen molar-refractivity contribution >= 4 is 17.2 Å². The molecule has 3 aromatic heterocycles. The first kappa shape index (κ1) is 15.7. The number of rotatable bonds is 4. The maximum Gasteiger partial charge on any atom is 0.350 e. The number of benzene rings is 1. The van der Waals surface area contributed by atoms with Crippen LogP contribution in [0, 0.1) is 0 Å². The molecule has 0 aliphatic heterocycles. The SMILES string of the molecule is O=C(Cn1nc2ccccn2c1=O)Nc1cnc(-c2ccccc2)nc1. The second-order valence-corrected chi connectivity index (χ2v) is 5.58. The van der Waals surface area contributed by atoms with E-state index >= 15 is 0 Å². The molecule has 1 N–H and O–H groups in total. The molecule has 1 amide bonds. The number of nitrogens with one attached hydrogen (secondary N) is 1. The van der Waals surface area contributed by atoms with Crippen LogP contribution in [-0.2, 0) is 11.3 Å². The van der Waals surface area contributed by atoms with Gasteiger partial charge in [0.05, 0.1) is 18.1 Å². The zero-order valence-electron chi connectivity index (χ0n) is 13.6. The van der Waals surface area contributed by atoms with Crippen molar-refractivity contribution in [2.24, 2.45) is 0 Å². The van der Waals surface area contributed by atoms with Crippen LogP contribution in [0.2, 0.25) is 0 Å². The summed E-state index contributed by atoms with van der Waals surface area (Å²) in [5.74, 6) is 0.187. The van der Waals surface area contributed by atoms with Crippen LogP contribution < -0.4 is 11.0 Å². The third-order valence-electron chi connectivity index (χ3n) is 3.75. The van der Waals surface area contributed by atoms with Crippen LogP contribution in [0.15, 0.2) is 71.9 Å². The van der Waals surface area contributed by atoms with Crippen LogP contribution in [0.4, 0.5) is 5.69 Å². The zero-order valence-corrected chi connectivity index (χ0v) is 13.6. The molecule has 0 saturated heterocycles. The van der Waals surface area contributed by atoms with Crippen molar-refractivity contribution < 1.29 is 4.79 Å². The van der Waals surface area contributed by atoms with Crippen molar-refractivity contribution in [3.05, 3.63) is 77.6 Å². The van der Waals surface area contributed by atoms with Crippen LogP contribution in [0.25, 0.3) is 17.0 Å². The van der Waals surface area contributed by atoms with E-state index in [4.69, 9.17) is 0 Å². The Bertz CT molecular complexity index is 1120. The van der Waals surface area contributed by atoms with Gasteiger partial charge in [0.2, 0.25) is 5.91 Å². The highest BCUT2D eigenvalue weighted by molar-refractivity contribution is 5.90. The topological polar surface area (TPSA) is 94.2 Å². The van der Waals surface area contributed by atoms with Gasteiger partial charge in [-0.1, -0.05) is 36.4 Å². The van der Waals surface area contributed by atoms with Crippen molar-refractivity contribution in [3.63, 3.8) is 0 Å². The monoisotopic (exact) mass is 346 g/mol. The number of anilines is 1. The molecule has 0 atom stereocenters. The molecular weight excluding hydrogens is 332 g/mol. The summed E-state index contributed by atoms with van der Waals surface area (Å²) in [5, 5.41) is 6.79.